The third kappa shape index (κ3) is 4.26. The molecule has 1 aromatic carbocycles. The molecule has 3 aromatic rings. The highest BCUT2D eigenvalue weighted by molar-refractivity contribution is 7.10. The van der Waals surface area contributed by atoms with Crippen molar-refractivity contribution in [1.82, 2.24) is 20.2 Å². The molecular formula is C23H24N4O2S. The van der Waals surface area contributed by atoms with Crippen molar-refractivity contribution in [3.8, 4) is 11.3 Å². The molecule has 3 heterocycles. The summed E-state index contributed by atoms with van der Waals surface area (Å²) in [6, 6.07) is 11.5. The second kappa shape index (κ2) is 8.75. The first kappa shape index (κ1) is 20.2. The molecule has 0 radical (unpaired) electrons. The highest BCUT2D eigenvalue weighted by atomic mass is 32.1. The van der Waals surface area contributed by atoms with Crippen LogP contribution in [0.5, 0.6) is 0 Å². The van der Waals surface area contributed by atoms with Crippen LogP contribution in [0.3, 0.4) is 0 Å². The van der Waals surface area contributed by atoms with E-state index in [-0.39, 0.29) is 30.3 Å². The van der Waals surface area contributed by atoms with Crippen LogP contribution < -0.4 is 5.32 Å². The Bertz CT molecular complexity index is 1050. The molecule has 0 fully saturated rings. The summed E-state index contributed by atoms with van der Waals surface area (Å²) in [5.74, 6) is -0.0926. The van der Waals surface area contributed by atoms with Gasteiger partial charge in [0.15, 0.2) is 0 Å². The highest BCUT2D eigenvalue weighted by Crippen LogP contribution is 2.32. The fourth-order valence-electron chi connectivity index (χ4n) is 3.92. The molecule has 1 aliphatic heterocycles. The van der Waals surface area contributed by atoms with Crippen LogP contribution in [0.2, 0.25) is 0 Å². The summed E-state index contributed by atoms with van der Waals surface area (Å²) in [5, 5.41) is 5.87. The Morgan fingerprint density at radius 3 is 2.87 bits per heavy atom. The molecule has 0 bridgehead atoms. The van der Waals surface area contributed by atoms with Gasteiger partial charge in [-0.1, -0.05) is 24.3 Å². The summed E-state index contributed by atoms with van der Waals surface area (Å²) in [6.07, 6.45) is 4.56. The van der Waals surface area contributed by atoms with Crippen molar-refractivity contribution in [3.63, 3.8) is 0 Å². The maximum Gasteiger partial charge on any atom is 0.222 e. The third-order valence-electron chi connectivity index (χ3n) is 5.42. The molecule has 30 heavy (non-hydrogen) atoms. The van der Waals surface area contributed by atoms with Crippen LogP contribution in [-0.4, -0.2) is 33.2 Å². The molecule has 1 aliphatic rings. The number of hydrogen-bond donors (Lipinski definition) is 1. The van der Waals surface area contributed by atoms with Crippen molar-refractivity contribution in [2.24, 2.45) is 0 Å². The number of hydrogen-bond acceptors (Lipinski definition) is 5. The first-order chi connectivity index (χ1) is 14.5. The average Bonchev–Trinajstić information content (AvgIpc) is 3.25. The van der Waals surface area contributed by atoms with E-state index in [2.05, 4.69) is 21.4 Å². The van der Waals surface area contributed by atoms with Crippen molar-refractivity contribution in [1.29, 1.82) is 0 Å². The predicted molar refractivity (Wildman–Crippen MR) is 117 cm³/mol. The van der Waals surface area contributed by atoms with Crippen molar-refractivity contribution in [2.45, 2.75) is 38.8 Å². The first-order valence-corrected chi connectivity index (χ1v) is 10.9. The van der Waals surface area contributed by atoms with Gasteiger partial charge < -0.3 is 10.2 Å². The monoisotopic (exact) mass is 420 g/mol. The molecule has 0 saturated heterocycles. The maximum absolute atomic E-state index is 12.9. The van der Waals surface area contributed by atoms with Gasteiger partial charge in [0, 0.05) is 36.8 Å². The summed E-state index contributed by atoms with van der Waals surface area (Å²) in [6.45, 7) is 4.14. The largest absolute Gasteiger partial charge is 0.347 e. The molecule has 154 valence electrons. The highest BCUT2D eigenvalue weighted by Gasteiger charge is 2.31. The average molecular weight is 421 g/mol. The molecule has 0 aliphatic carbocycles. The molecule has 4 rings (SSSR count). The second-order valence-electron chi connectivity index (χ2n) is 7.48. The van der Waals surface area contributed by atoms with E-state index < -0.39 is 0 Å². The predicted octanol–water partition coefficient (Wildman–Crippen LogP) is 3.92. The van der Waals surface area contributed by atoms with E-state index in [1.54, 1.807) is 24.2 Å². The van der Waals surface area contributed by atoms with Crippen LogP contribution in [0.4, 0.5) is 0 Å². The van der Waals surface area contributed by atoms with E-state index in [0.29, 0.717) is 6.54 Å². The van der Waals surface area contributed by atoms with Gasteiger partial charge in [-0.05, 0) is 36.6 Å². The van der Waals surface area contributed by atoms with E-state index in [0.717, 1.165) is 28.2 Å². The Balaban J connectivity index is 1.46. The van der Waals surface area contributed by atoms with Gasteiger partial charge in [0.2, 0.25) is 11.8 Å². The molecule has 1 N–H and O–H groups in total. The van der Waals surface area contributed by atoms with E-state index >= 15 is 0 Å². The summed E-state index contributed by atoms with van der Waals surface area (Å²) < 4.78 is 0. The lowest BCUT2D eigenvalue weighted by Crippen LogP contribution is -2.41. The number of nitrogens with one attached hydrogen (secondary N) is 1. The number of thiazole rings is 1. The van der Waals surface area contributed by atoms with Gasteiger partial charge in [-0.15, -0.1) is 11.3 Å². The van der Waals surface area contributed by atoms with Crippen molar-refractivity contribution < 1.29 is 9.59 Å². The maximum atomic E-state index is 12.9. The minimum Gasteiger partial charge on any atom is -0.347 e. The number of rotatable bonds is 5. The number of pyridine rings is 1. The number of aromatic nitrogens is 2. The van der Waals surface area contributed by atoms with Gasteiger partial charge in [-0.25, -0.2) is 4.98 Å². The van der Waals surface area contributed by atoms with Crippen LogP contribution >= 0.6 is 11.3 Å². The smallest absolute Gasteiger partial charge is 0.222 e. The van der Waals surface area contributed by atoms with Gasteiger partial charge in [0.25, 0.3) is 0 Å². The van der Waals surface area contributed by atoms with E-state index in [1.807, 2.05) is 42.6 Å². The zero-order chi connectivity index (χ0) is 21.1. The lowest BCUT2D eigenvalue weighted by atomic mass is 9.90. The van der Waals surface area contributed by atoms with Gasteiger partial charge in [-0.3, -0.25) is 14.6 Å². The number of benzene rings is 1. The number of amides is 2. The van der Waals surface area contributed by atoms with Crippen molar-refractivity contribution >= 4 is 23.2 Å². The molecule has 2 unspecified atom stereocenters. The van der Waals surface area contributed by atoms with Crippen LogP contribution in [0.15, 0.2) is 54.2 Å². The Kier molecular flexibility index (Phi) is 5.90. The molecule has 2 aromatic heterocycles. The van der Waals surface area contributed by atoms with Gasteiger partial charge in [0.1, 0.15) is 5.01 Å². The molecule has 6 nitrogen and oxygen atoms in total. The zero-order valence-electron chi connectivity index (χ0n) is 17.0. The number of nitrogens with zero attached hydrogens (tertiary/aromatic N) is 3. The topological polar surface area (TPSA) is 75.2 Å². The van der Waals surface area contributed by atoms with Gasteiger partial charge >= 0.3 is 0 Å². The summed E-state index contributed by atoms with van der Waals surface area (Å²) in [7, 11) is 0. The Hall–Kier alpha value is -3.06. The molecule has 0 saturated carbocycles. The van der Waals surface area contributed by atoms with Crippen LogP contribution in [0, 0.1) is 0 Å². The lowest BCUT2D eigenvalue weighted by molar-refractivity contribution is -0.133. The van der Waals surface area contributed by atoms with E-state index in [9.17, 15) is 9.59 Å². The fourth-order valence-corrected chi connectivity index (χ4v) is 4.76. The zero-order valence-corrected chi connectivity index (χ0v) is 17.9. The summed E-state index contributed by atoms with van der Waals surface area (Å²) in [5.41, 5.74) is 4.08. The minimum atomic E-state index is -0.234. The Morgan fingerprint density at radius 2 is 2.10 bits per heavy atom. The number of fused-ring (bicyclic) bond motifs is 1. The lowest BCUT2D eigenvalue weighted by Gasteiger charge is -2.36. The van der Waals surface area contributed by atoms with Gasteiger partial charge in [-0.2, -0.15) is 0 Å². The van der Waals surface area contributed by atoms with Crippen LogP contribution in [-0.2, 0) is 16.0 Å². The molecule has 7 heteroatoms. The minimum absolute atomic E-state index is 0.00335. The normalized spacial score (nSPS) is 16.6. The third-order valence-corrected chi connectivity index (χ3v) is 6.45. The fraction of sp³-hybridized carbons (Fsp3) is 0.304. The molecule has 2 atom stereocenters. The van der Waals surface area contributed by atoms with E-state index in [1.165, 1.54) is 16.9 Å². The summed E-state index contributed by atoms with van der Waals surface area (Å²) >= 11 is 1.52. The molecule has 2 amide bonds. The SMILES string of the molecule is CC(=O)N1CCc2ccccc2C1CC(=O)NC(C)c1nc(-c2cccnc2)cs1. The van der Waals surface area contributed by atoms with Crippen LogP contribution in [0.25, 0.3) is 11.3 Å². The molecular weight excluding hydrogens is 396 g/mol. The summed E-state index contributed by atoms with van der Waals surface area (Å²) in [4.78, 5) is 35.6. The number of carbonyl (C=O) groups is 2. The van der Waals surface area contributed by atoms with Gasteiger partial charge in [0.05, 0.1) is 24.2 Å². The Morgan fingerprint density at radius 1 is 1.27 bits per heavy atom. The quantitative estimate of drug-likeness (QED) is 0.679. The molecule has 0 spiro atoms. The van der Waals surface area contributed by atoms with Crippen molar-refractivity contribution in [2.75, 3.05) is 6.54 Å². The standard InChI is InChI=1S/C23H24N4O2S/c1-15(23-26-20(14-30-23)18-7-5-10-24-13-18)25-22(29)12-21-19-8-4-3-6-17(19)9-11-27(21)16(2)28/h3-8,10,13-15,21H,9,11-12H2,1-2H3,(H,25,29). The second-order valence-corrected chi connectivity index (χ2v) is 8.37. The van der Waals surface area contributed by atoms with Crippen molar-refractivity contribution in [3.05, 3.63) is 70.3 Å². The number of carbonyl (C=O) groups excluding carboxylic acids is 2. The first-order valence-electron chi connectivity index (χ1n) is 10.0. The van der Waals surface area contributed by atoms with Crippen LogP contribution in [0.1, 0.15) is 48.5 Å². The Labute approximate surface area is 180 Å². The van der Waals surface area contributed by atoms with E-state index in [4.69, 9.17) is 0 Å².